The third kappa shape index (κ3) is 4.62. The highest BCUT2D eigenvalue weighted by Crippen LogP contribution is 2.08. The first-order valence-corrected chi connectivity index (χ1v) is 6.76. The molecule has 0 aliphatic heterocycles. The fourth-order valence-corrected chi connectivity index (χ4v) is 1.75. The van der Waals surface area contributed by atoms with E-state index in [1.165, 1.54) is 13.4 Å². The predicted octanol–water partition coefficient (Wildman–Crippen LogP) is 1.12. The highest BCUT2D eigenvalue weighted by molar-refractivity contribution is 5.91. The van der Waals surface area contributed by atoms with E-state index in [0.29, 0.717) is 12.4 Å². The molecule has 2 heterocycles. The molecular weight excluding hydrogens is 286 g/mol. The van der Waals surface area contributed by atoms with Gasteiger partial charge in [-0.1, -0.05) is 0 Å². The second kappa shape index (κ2) is 7.82. The standard InChI is InChI=1S/C15H17N3O4/c1-21-14-9-11(4-6-16-14)10-18-13(19)5-7-17-15(20)12-3-2-8-22-12/h2-4,6,8-9H,5,7,10H2,1H3,(H,17,20)(H,18,19). The van der Waals surface area contributed by atoms with Crippen LogP contribution in [0.25, 0.3) is 0 Å². The van der Waals surface area contributed by atoms with E-state index >= 15 is 0 Å². The number of carbonyl (C=O) groups excluding carboxylic acids is 2. The Morgan fingerprint density at radius 3 is 2.91 bits per heavy atom. The zero-order chi connectivity index (χ0) is 15.8. The molecule has 0 saturated heterocycles. The summed E-state index contributed by atoms with van der Waals surface area (Å²) in [5.74, 6) is 0.231. The Kier molecular flexibility index (Phi) is 5.53. The van der Waals surface area contributed by atoms with Gasteiger partial charge in [-0.3, -0.25) is 9.59 Å². The van der Waals surface area contributed by atoms with Crippen LogP contribution in [0, 0.1) is 0 Å². The number of rotatable bonds is 7. The van der Waals surface area contributed by atoms with Crippen molar-refractivity contribution in [2.45, 2.75) is 13.0 Å². The van der Waals surface area contributed by atoms with Crippen molar-refractivity contribution >= 4 is 11.8 Å². The number of nitrogens with zero attached hydrogens (tertiary/aromatic N) is 1. The molecular formula is C15H17N3O4. The number of hydrogen-bond acceptors (Lipinski definition) is 5. The molecule has 0 atom stereocenters. The number of aromatic nitrogens is 1. The molecule has 2 rings (SSSR count). The molecule has 0 aliphatic carbocycles. The summed E-state index contributed by atoms with van der Waals surface area (Å²) in [6.07, 6.45) is 3.23. The maximum atomic E-state index is 11.7. The van der Waals surface area contributed by atoms with Crippen molar-refractivity contribution in [1.82, 2.24) is 15.6 Å². The zero-order valence-corrected chi connectivity index (χ0v) is 12.2. The monoisotopic (exact) mass is 303 g/mol. The molecule has 2 N–H and O–H groups in total. The van der Waals surface area contributed by atoms with Crippen LogP contribution in [0.2, 0.25) is 0 Å². The van der Waals surface area contributed by atoms with Crippen molar-refractivity contribution in [3.63, 3.8) is 0 Å². The molecule has 22 heavy (non-hydrogen) atoms. The minimum atomic E-state index is -0.336. The van der Waals surface area contributed by atoms with E-state index in [4.69, 9.17) is 9.15 Å². The summed E-state index contributed by atoms with van der Waals surface area (Å²) in [6.45, 7) is 0.620. The van der Waals surface area contributed by atoms with Crippen LogP contribution in [0.15, 0.2) is 41.1 Å². The number of hydrogen-bond donors (Lipinski definition) is 2. The van der Waals surface area contributed by atoms with E-state index in [1.807, 2.05) is 0 Å². The third-order valence-electron chi connectivity index (χ3n) is 2.88. The van der Waals surface area contributed by atoms with Crippen LogP contribution < -0.4 is 15.4 Å². The number of carbonyl (C=O) groups is 2. The molecule has 2 amide bonds. The lowest BCUT2D eigenvalue weighted by Crippen LogP contribution is -2.30. The second-order valence-corrected chi connectivity index (χ2v) is 4.47. The van der Waals surface area contributed by atoms with E-state index < -0.39 is 0 Å². The number of methoxy groups -OCH3 is 1. The molecule has 7 heteroatoms. The molecule has 2 aromatic heterocycles. The number of ether oxygens (including phenoxy) is 1. The van der Waals surface area contributed by atoms with E-state index in [9.17, 15) is 9.59 Å². The quantitative estimate of drug-likeness (QED) is 0.799. The fraction of sp³-hybridized carbons (Fsp3) is 0.267. The van der Waals surface area contributed by atoms with E-state index in [0.717, 1.165) is 5.56 Å². The van der Waals surface area contributed by atoms with Gasteiger partial charge < -0.3 is 19.8 Å². The highest BCUT2D eigenvalue weighted by Gasteiger charge is 2.08. The largest absolute Gasteiger partial charge is 0.481 e. The van der Waals surface area contributed by atoms with Crippen molar-refractivity contribution in [3.05, 3.63) is 48.0 Å². The predicted molar refractivity (Wildman–Crippen MR) is 78.3 cm³/mol. The van der Waals surface area contributed by atoms with Gasteiger partial charge in [0.05, 0.1) is 13.4 Å². The first-order chi connectivity index (χ1) is 10.7. The van der Waals surface area contributed by atoms with Crippen molar-refractivity contribution in [2.24, 2.45) is 0 Å². The minimum Gasteiger partial charge on any atom is -0.481 e. The van der Waals surface area contributed by atoms with Crippen molar-refractivity contribution in [3.8, 4) is 5.88 Å². The van der Waals surface area contributed by atoms with Crippen LogP contribution in [0.3, 0.4) is 0 Å². The van der Waals surface area contributed by atoms with Gasteiger partial charge in [0, 0.05) is 31.8 Å². The molecule has 0 aromatic carbocycles. The van der Waals surface area contributed by atoms with Crippen molar-refractivity contribution in [1.29, 1.82) is 0 Å². The third-order valence-corrected chi connectivity index (χ3v) is 2.88. The van der Waals surface area contributed by atoms with Gasteiger partial charge in [-0.15, -0.1) is 0 Å². The molecule has 7 nitrogen and oxygen atoms in total. The van der Waals surface area contributed by atoms with Crippen LogP contribution in [0.5, 0.6) is 5.88 Å². The Morgan fingerprint density at radius 2 is 2.18 bits per heavy atom. The van der Waals surface area contributed by atoms with Gasteiger partial charge in [-0.05, 0) is 23.8 Å². The zero-order valence-electron chi connectivity index (χ0n) is 12.2. The first-order valence-electron chi connectivity index (χ1n) is 6.76. The Morgan fingerprint density at radius 1 is 1.32 bits per heavy atom. The average Bonchev–Trinajstić information content (AvgIpc) is 3.07. The summed E-state index contributed by atoms with van der Waals surface area (Å²) in [7, 11) is 1.53. The van der Waals surface area contributed by atoms with Crippen LogP contribution in [0.1, 0.15) is 22.5 Å². The fourth-order valence-electron chi connectivity index (χ4n) is 1.75. The number of amides is 2. The Labute approximate surface area is 127 Å². The van der Waals surface area contributed by atoms with Crippen LogP contribution in [-0.4, -0.2) is 30.5 Å². The summed E-state index contributed by atoms with van der Waals surface area (Å²) in [5.41, 5.74) is 0.889. The van der Waals surface area contributed by atoms with Gasteiger partial charge in [0.15, 0.2) is 5.76 Å². The maximum Gasteiger partial charge on any atom is 0.286 e. The van der Waals surface area contributed by atoms with Gasteiger partial charge in [-0.25, -0.2) is 4.98 Å². The highest BCUT2D eigenvalue weighted by atomic mass is 16.5. The summed E-state index contributed by atoms with van der Waals surface area (Å²) in [4.78, 5) is 27.3. The second-order valence-electron chi connectivity index (χ2n) is 4.47. The van der Waals surface area contributed by atoms with Crippen LogP contribution in [0.4, 0.5) is 0 Å². The van der Waals surface area contributed by atoms with Gasteiger partial charge >= 0.3 is 0 Å². The Balaban J connectivity index is 1.68. The average molecular weight is 303 g/mol. The molecule has 0 unspecified atom stereocenters. The summed E-state index contributed by atoms with van der Waals surface area (Å²) >= 11 is 0. The Hall–Kier alpha value is -2.83. The van der Waals surface area contributed by atoms with Gasteiger partial charge in [0.25, 0.3) is 5.91 Å². The summed E-state index contributed by atoms with van der Waals surface area (Å²) in [6, 6.07) is 6.73. The van der Waals surface area contributed by atoms with Crippen molar-refractivity contribution < 1.29 is 18.7 Å². The topological polar surface area (TPSA) is 93.5 Å². The lowest BCUT2D eigenvalue weighted by molar-refractivity contribution is -0.121. The molecule has 0 fully saturated rings. The summed E-state index contributed by atoms with van der Waals surface area (Å²) < 4.78 is 9.96. The van der Waals surface area contributed by atoms with Gasteiger partial charge in [0.2, 0.25) is 11.8 Å². The SMILES string of the molecule is COc1cc(CNC(=O)CCNC(=O)c2ccco2)ccn1. The Bertz CT molecular complexity index is 625. The minimum absolute atomic E-state index is 0.157. The lowest BCUT2D eigenvalue weighted by atomic mass is 10.2. The molecule has 0 radical (unpaired) electrons. The van der Waals surface area contributed by atoms with Gasteiger partial charge in [-0.2, -0.15) is 0 Å². The van der Waals surface area contributed by atoms with E-state index in [1.54, 1.807) is 30.5 Å². The van der Waals surface area contributed by atoms with Gasteiger partial charge in [0.1, 0.15) is 0 Å². The maximum absolute atomic E-state index is 11.7. The number of furan rings is 1. The molecule has 0 aliphatic rings. The van der Waals surface area contributed by atoms with E-state index in [2.05, 4.69) is 15.6 Å². The summed E-state index contributed by atoms with van der Waals surface area (Å²) in [5, 5.41) is 5.37. The first kappa shape index (κ1) is 15.6. The molecule has 2 aromatic rings. The normalized spacial score (nSPS) is 10.0. The van der Waals surface area contributed by atoms with Crippen molar-refractivity contribution in [2.75, 3.05) is 13.7 Å². The smallest absolute Gasteiger partial charge is 0.286 e. The molecule has 0 bridgehead atoms. The molecule has 116 valence electrons. The van der Waals surface area contributed by atoms with Crippen LogP contribution in [-0.2, 0) is 11.3 Å². The van der Waals surface area contributed by atoms with Crippen LogP contribution >= 0.6 is 0 Å². The molecule has 0 saturated carbocycles. The number of nitrogens with one attached hydrogen (secondary N) is 2. The molecule has 0 spiro atoms. The van der Waals surface area contributed by atoms with E-state index in [-0.39, 0.29) is 30.5 Å². The lowest BCUT2D eigenvalue weighted by Gasteiger charge is -2.07. The number of pyridine rings is 1.